The summed E-state index contributed by atoms with van der Waals surface area (Å²) in [6.45, 7) is 2.55. The van der Waals surface area contributed by atoms with E-state index in [4.69, 9.17) is 0 Å². The number of amides is 1. The highest BCUT2D eigenvalue weighted by Crippen LogP contribution is 2.20. The average molecular weight is 312 g/mol. The molecule has 1 amide bonds. The third kappa shape index (κ3) is 3.79. The Labute approximate surface area is 137 Å². The normalized spacial score (nSPS) is 18.7. The van der Waals surface area contributed by atoms with Gasteiger partial charge in [0, 0.05) is 26.3 Å². The lowest BCUT2D eigenvalue weighted by Gasteiger charge is -2.34. The minimum Gasteiger partial charge on any atom is -0.358 e. The van der Waals surface area contributed by atoms with E-state index < -0.39 is 0 Å². The maximum Gasteiger partial charge on any atom is 0.237 e. The summed E-state index contributed by atoms with van der Waals surface area (Å²) >= 11 is 0. The lowest BCUT2D eigenvalue weighted by molar-refractivity contribution is -0.127. The van der Waals surface area contributed by atoms with E-state index in [0.29, 0.717) is 0 Å². The highest BCUT2D eigenvalue weighted by Gasteiger charge is 2.28. The lowest BCUT2D eigenvalue weighted by Crippen LogP contribution is -2.48. The fourth-order valence-electron chi connectivity index (χ4n) is 3.25. The number of hydrogen-bond acceptors (Lipinski definition) is 3. The zero-order valence-electron chi connectivity index (χ0n) is 13.6. The van der Waals surface area contributed by atoms with Crippen molar-refractivity contribution in [1.29, 1.82) is 0 Å². The van der Waals surface area contributed by atoms with Crippen LogP contribution in [-0.4, -0.2) is 40.0 Å². The first-order chi connectivity index (χ1) is 11.3. The Kier molecular flexibility index (Phi) is 5.08. The van der Waals surface area contributed by atoms with Crippen LogP contribution in [0.15, 0.2) is 42.9 Å². The number of rotatable bonds is 5. The topological polar surface area (TPSA) is 50.2 Å². The predicted octanol–water partition coefficient (Wildman–Crippen LogP) is 2.03. The average Bonchev–Trinajstić information content (AvgIpc) is 3.02. The zero-order valence-corrected chi connectivity index (χ0v) is 13.6. The number of nitrogens with zero attached hydrogens (tertiary/aromatic N) is 3. The molecule has 0 saturated carbocycles. The van der Waals surface area contributed by atoms with Gasteiger partial charge in [0.05, 0.1) is 18.1 Å². The molecule has 5 nitrogen and oxygen atoms in total. The smallest absolute Gasteiger partial charge is 0.237 e. The van der Waals surface area contributed by atoms with E-state index in [1.165, 1.54) is 5.56 Å². The van der Waals surface area contributed by atoms with E-state index >= 15 is 0 Å². The molecular weight excluding hydrogens is 288 g/mol. The van der Waals surface area contributed by atoms with E-state index in [9.17, 15) is 4.79 Å². The molecule has 0 radical (unpaired) electrons. The maximum atomic E-state index is 12.1. The Balaban J connectivity index is 1.72. The SMILES string of the molecule is CNC(=O)C1CCCCN1Cc1cncn1Cc1ccccc1. The van der Waals surface area contributed by atoms with E-state index in [1.54, 1.807) is 7.05 Å². The van der Waals surface area contributed by atoms with Crippen LogP contribution >= 0.6 is 0 Å². The second kappa shape index (κ2) is 7.42. The molecule has 0 aliphatic carbocycles. The number of benzene rings is 1. The molecule has 1 aliphatic heterocycles. The Morgan fingerprint density at radius 2 is 2.09 bits per heavy atom. The molecule has 1 aromatic carbocycles. The molecule has 5 heteroatoms. The van der Waals surface area contributed by atoms with Crippen molar-refractivity contribution in [3.05, 3.63) is 54.1 Å². The number of piperidine rings is 1. The first kappa shape index (κ1) is 15.7. The van der Waals surface area contributed by atoms with Crippen molar-refractivity contribution < 1.29 is 4.79 Å². The van der Waals surface area contributed by atoms with Crippen molar-refractivity contribution in [3.63, 3.8) is 0 Å². The molecule has 1 atom stereocenters. The van der Waals surface area contributed by atoms with Gasteiger partial charge in [-0.1, -0.05) is 36.8 Å². The standard InChI is InChI=1S/C18H24N4O/c1-19-18(23)17-9-5-6-10-21(17)13-16-11-20-14-22(16)12-15-7-3-2-4-8-15/h2-4,7-8,11,14,17H,5-6,9-10,12-13H2,1H3,(H,19,23). The lowest BCUT2D eigenvalue weighted by atomic mass is 10.0. The fraction of sp³-hybridized carbons (Fsp3) is 0.444. The summed E-state index contributed by atoms with van der Waals surface area (Å²) in [7, 11) is 1.72. The molecular formula is C18H24N4O. The van der Waals surface area contributed by atoms with E-state index in [2.05, 4.69) is 44.0 Å². The van der Waals surface area contributed by atoms with Crippen LogP contribution in [0.2, 0.25) is 0 Å². The number of imidazole rings is 1. The van der Waals surface area contributed by atoms with Crippen molar-refractivity contribution in [3.8, 4) is 0 Å². The van der Waals surface area contributed by atoms with Gasteiger partial charge in [-0.3, -0.25) is 9.69 Å². The molecule has 122 valence electrons. The number of likely N-dealkylation sites (N-methyl/N-ethyl adjacent to an activating group) is 1. The highest BCUT2D eigenvalue weighted by atomic mass is 16.2. The first-order valence-electron chi connectivity index (χ1n) is 8.26. The maximum absolute atomic E-state index is 12.1. The van der Waals surface area contributed by atoms with Crippen molar-refractivity contribution in [2.75, 3.05) is 13.6 Å². The predicted molar refractivity (Wildman–Crippen MR) is 89.9 cm³/mol. The molecule has 1 saturated heterocycles. The van der Waals surface area contributed by atoms with E-state index in [-0.39, 0.29) is 11.9 Å². The van der Waals surface area contributed by atoms with Gasteiger partial charge in [0.15, 0.2) is 0 Å². The van der Waals surface area contributed by atoms with E-state index in [0.717, 1.165) is 44.6 Å². The van der Waals surface area contributed by atoms with Crippen LogP contribution in [0.1, 0.15) is 30.5 Å². The Hall–Kier alpha value is -2.14. The third-order valence-electron chi connectivity index (χ3n) is 4.52. The zero-order chi connectivity index (χ0) is 16.1. The number of carbonyl (C=O) groups is 1. The van der Waals surface area contributed by atoms with Gasteiger partial charge in [0.25, 0.3) is 0 Å². The van der Waals surface area contributed by atoms with Crippen LogP contribution in [0.4, 0.5) is 0 Å². The molecule has 1 aliphatic rings. The molecule has 3 rings (SSSR count). The third-order valence-corrected chi connectivity index (χ3v) is 4.52. The van der Waals surface area contributed by atoms with Gasteiger partial charge >= 0.3 is 0 Å². The molecule has 23 heavy (non-hydrogen) atoms. The molecule has 0 bridgehead atoms. The minimum absolute atomic E-state index is 0.0196. The summed E-state index contributed by atoms with van der Waals surface area (Å²) in [5.41, 5.74) is 2.41. The van der Waals surface area contributed by atoms with Gasteiger partial charge in [-0.25, -0.2) is 4.98 Å². The second-order valence-corrected chi connectivity index (χ2v) is 6.09. The molecule has 1 unspecified atom stereocenters. The van der Waals surface area contributed by atoms with Crippen LogP contribution in [-0.2, 0) is 17.9 Å². The monoisotopic (exact) mass is 312 g/mol. The molecule has 1 N–H and O–H groups in total. The number of nitrogens with one attached hydrogen (secondary N) is 1. The van der Waals surface area contributed by atoms with Crippen LogP contribution in [0.3, 0.4) is 0 Å². The summed E-state index contributed by atoms with van der Waals surface area (Å²) < 4.78 is 2.17. The van der Waals surface area contributed by atoms with Crippen molar-refractivity contribution >= 4 is 5.91 Å². The second-order valence-electron chi connectivity index (χ2n) is 6.09. The largest absolute Gasteiger partial charge is 0.358 e. The molecule has 1 fully saturated rings. The van der Waals surface area contributed by atoms with Crippen LogP contribution in [0.5, 0.6) is 0 Å². The summed E-state index contributed by atoms with van der Waals surface area (Å²) in [5.74, 6) is 0.124. The highest BCUT2D eigenvalue weighted by molar-refractivity contribution is 5.81. The van der Waals surface area contributed by atoms with Gasteiger partial charge in [-0.2, -0.15) is 0 Å². The molecule has 2 heterocycles. The number of hydrogen-bond donors (Lipinski definition) is 1. The Morgan fingerprint density at radius 3 is 2.87 bits per heavy atom. The molecule has 0 spiro atoms. The molecule has 1 aromatic heterocycles. The fourth-order valence-corrected chi connectivity index (χ4v) is 3.25. The van der Waals surface area contributed by atoms with Crippen LogP contribution in [0, 0.1) is 0 Å². The number of carbonyl (C=O) groups excluding carboxylic acids is 1. The summed E-state index contributed by atoms with van der Waals surface area (Å²) in [4.78, 5) is 18.7. The number of aromatic nitrogens is 2. The minimum atomic E-state index is -0.0196. The van der Waals surface area contributed by atoms with Crippen molar-refractivity contribution in [2.45, 2.75) is 38.4 Å². The van der Waals surface area contributed by atoms with Gasteiger partial charge in [-0.05, 0) is 24.9 Å². The van der Waals surface area contributed by atoms with Crippen LogP contribution in [0.25, 0.3) is 0 Å². The summed E-state index contributed by atoms with van der Waals surface area (Å²) in [5, 5.41) is 2.80. The summed E-state index contributed by atoms with van der Waals surface area (Å²) in [6.07, 6.45) is 7.00. The quantitative estimate of drug-likeness (QED) is 0.919. The summed E-state index contributed by atoms with van der Waals surface area (Å²) in [6, 6.07) is 10.4. The van der Waals surface area contributed by atoms with Crippen LogP contribution < -0.4 is 5.32 Å². The van der Waals surface area contributed by atoms with E-state index in [1.807, 2.05) is 18.6 Å². The first-order valence-corrected chi connectivity index (χ1v) is 8.26. The molecule has 2 aromatic rings. The van der Waals surface area contributed by atoms with Crippen molar-refractivity contribution in [1.82, 2.24) is 19.8 Å². The Bertz CT molecular complexity index is 637. The van der Waals surface area contributed by atoms with Gasteiger partial charge in [-0.15, -0.1) is 0 Å². The van der Waals surface area contributed by atoms with Crippen molar-refractivity contribution in [2.24, 2.45) is 0 Å². The Morgan fingerprint density at radius 1 is 1.26 bits per heavy atom. The van der Waals surface area contributed by atoms with Gasteiger partial charge in [0.2, 0.25) is 5.91 Å². The number of likely N-dealkylation sites (tertiary alicyclic amines) is 1. The van der Waals surface area contributed by atoms with Gasteiger partial charge < -0.3 is 9.88 Å². The van der Waals surface area contributed by atoms with Gasteiger partial charge in [0.1, 0.15) is 0 Å².